The third kappa shape index (κ3) is 6.99. The van der Waals surface area contributed by atoms with Crippen molar-refractivity contribution in [3.8, 4) is 11.4 Å². The Bertz CT molecular complexity index is 1670. The van der Waals surface area contributed by atoms with Gasteiger partial charge in [-0.3, -0.25) is 19.1 Å². The number of halogens is 1. The lowest BCUT2D eigenvalue weighted by Gasteiger charge is -2.15. The number of fused-ring (bicyclic) bond motifs is 3. The summed E-state index contributed by atoms with van der Waals surface area (Å²) >= 11 is 6.19. The Balaban J connectivity index is 1.35. The highest BCUT2D eigenvalue weighted by Gasteiger charge is 2.30. The van der Waals surface area contributed by atoms with Crippen LogP contribution in [0, 0.1) is 6.92 Å². The fraction of sp³-hybridized carbons (Fsp3) is 0.258. The van der Waals surface area contributed by atoms with Crippen molar-refractivity contribution in [3.05, 3.63) is 100 Å². The highest BCUT2D eigenvalue weighted by atomic mass is 35.5. The Kier molecular flexibility index (Phi) is 9.74. The fourth-order valence-electron chi connectivity index (χ4n) is 4.96. The summed E-state index contributed by atoms with van der Waals surface area (Å²) in [6.45, 7) is 4.98. The number of amides is 2. The SMILES string of the molecule is CCNC(=O)C[C@@H]1N=C(c2ccc(Cl)cc2)c2cc(OCCCNC(=O)c3ccc(B(O)O)cc3)ccc2-n2c(C)nnc21. The minimum Gasteiger partial charge on any atom is -0.494 e. The Morgan fingerprint density at radius 2 is 1.77 bits per heavy atom. The molecular formula is C31H32BClN6O5. The van der Waals surface area contributed by atoms with E-state index in [2.05, 4.69) is 20.8 Å². The van der Waals surface area contributed by atoms with E-state index in [-0.39, 0.29) is 18.2 Å². The van der Waals surface area contributed by atoms with E-state index in [0.717, 1.165) is 16.8 Å². The van der Waals surface area contributed by atoms with Crippen LogP contribution in [0.5, 0.6) is 5.75 Å². The van der Waals surface area contributed by atoms with Crippen molar-refractivity contribution in [3.63, 3.8) is 0 Å². The monoisotopic (exact) mass is 614 g/mol. The zero-order valence-electron chi connectivity index (χ0n) is 24.3. The van der Waals surface area contributed by atoms with Gasteiger partial charge in [0.2, 0.25) is 5.91 Å². The number of benzene rings is 3. The van der Waals surface area contributed by atoms with Gasteiger partial charge in [0.1, 0.15) is 17.6 Å². The van der Waals surface area contributed by atoms with Crippen LogP contribution in [0.4, 0.5) is 0 Å². The molecular weight excluding hydrogens is 583 g/mol. The van der Waals surface area contributed by atoms with E-state index in [1.54, 1.807) is 24.3 Å². The highest BCUT2D eigenvalue weighted by Crippen LogP contribution is 2.34. The summed E-state index contributed by atoms with van der Waals surface area (Å²) in [7, 11) is -1.58. The lowest BCUT2D eigenvalue weighted by molar-refractivity contribution is -0.121. The first-order valence-corrected chi connectivity index (χ1v) is 14.7. The lowest BCUT2D eigenvalue weighted by Crippen LogP contribution is -2.30. The molecule has 2 heterocycles. The largest absolute Gasteiger partial charge is 0.494 e. The van der Waals surface area contributed by atoms with Gasteiger partial charge in [-0.15, -0.1) is 10.2 Å². The number of ether oxygens (including phenoxy) is 1. The second kappa shape index (κ2) is 13.9. The summed E-state index contributed by atoms with van der Waals surface area (Å²) < 4.78 is 8.01. The maximum absolute atomic E-state index is 12.7. The number of carbonyl (C=O) groups is 2. The van der Waals surface area contributed by atoms with Gasteiger partial charge in [-0.1, -0.05) is 35.9 Å². The molecule has 1 aromatic heterocycles. The molecule has 11 nitrogen and oxygen atoms in total. The summed E-state index contributed by atoms with van der Waals surface area (Å²) in [6.07, 6.45) is 0.664. The second-order valence-electron chi connectivity index (χ2n) is 10.2. The van der Waals surface area contributed by atoms with Crippen molar-refractivity contribution in [2.24, 2.45) is 4.99 Å². The zero-order valence-corrected chi connectivity index (χ0v) is 25.1. The molecule has 4 N–H and O–H groups in total. The summed E-state index contributed by atoms with van der Waals surface area (Å²) in [6, 6.07) is 18.6. The Morgan fingerprint density at radius 3 is 2.48 bits per heavy atom. The Morgan fingerprint density at radius 1 is 1.02 bits per heavy atom. The van der Waals surface area contributed by atoms with Gasteiger partial charge in [-0.05, 0) is 68.2 Å². The molecule has 0 aliphatic carbocycles. The molecule has 44 heavy (non-hydrogen) atoms. The highest BCUT2D eigenvalue weighted by molar-refractivity contribution is 6.58. The van der Waals surface area contributed by atoms with Crippen LogP contribution in [-0.2, 0) is 4.79 Å². The third-order valence-electron chi connectivity index (χ3n) is 7.11. The first-order chi connectivity index (χ1) is 21.2. The molecule has 1 aliphatic heterocycles. The van der Waals surface area contributed by atoms with Crippen LogP contribution < -0.4 is 20.8 Å². The van der Waals surface area contributed by atoms with Gasteiger partial charge >= 0.3 is 7.12 Å². The Hall–Kier alpha value is -4.52. The van der Waals surface area contributed by atoms with Gasteiger partial charge in [0.15, 0.2) is 5.82 Å². The molecule has 5 rings (SSSR count). The van der Waals surface area contributed by atoms with Crippen molar-refractivity contribution in [1.82, 2.24) is 25.4 Å². The molecule has 1 atom stereocenters. The molecule has 226 valence electrons. The molecule has 4 aromatic rings. The molecule has 0 bridgehead atoms. The molecule has 0 unspecified atom stereocenters. The molecule has 2 amide bonds. The van der Waals surface area contributed by atoms with Crippen LogP contribution in [0.2, 0.25) is 5.02 Å². The van der Waals surface area contributed by atoms with Crippen LogP contribution in [-0.4, -0.2) is 69.2 Å². The normalized spacial score (nSPS) is 13.7. The van der Waals surface area contributed by atoms with Gasteiger partial charge < -0.3 is 25.4 Å². The molecule has 0 radical (unpaired) electrons. The first-order valence-electron chi connectivity index (χ1n) is 14.3. The van der Waals surface area contributed by atoms with E-state index in [1.807, 2.05) is 48.7 Å². The average molecular weight is 615 g/mol. The molecule has 0 saturated carbocycles. The number of hydrogen-bond acceptors (Lipinski definition) is 8. The molecule has 0 spiro atoms. The zero-order chi connectivity index (χ0) is 31.2. The van der Waals surface area contributed by atoms with Gasteiger partial charge in [0, 0.05) is 34.8 Å². The number of nitrogens with zero attached hydrogens (tertiary/aromatic N) is 4. The van der Waals surface area contributed by atoms with Gasteiger partial charge in [-0.2, -0.15) is 0 Å². The number of carbonyl (C=O) groups excluding carboxylic acids is 2. The fourth-order valence-corrected chi connectivity index (χ4v) is 5.08. The van der Waals surface area contributed by atoms with Gasteiger partial charge in [0.25, 0.3) is 5.91 Å². The van der Waals surface area contributed by atoms with Crippen molar-refractivity contribution in [1.29, 1.82) is 0 Å². The van der Waals surface area contributed by atoms with E-state index in [4.69, 9.17) is 21.3 Å². The minimum atomic E-state index is -1.58. The number of aromatic nitrogens is 3. The number of rotatable bonds is 11. The summed E-state index contributed by atoms with van der Waals surface area (Å²) in [5, 5.41) is 33.5. The van der Waals surface area contributed by atoms with Crippen molar-refractivity contribution >= 4 is 41.7 Å². The molecule has 0 fully saturated rings. The summed E-state index contributed by atoms with van der Waals surface area (Å²) in [4.78, 5) is 30.2. The molecule has 3 aromatic carbocycles. The number of aliphatic imine (C=N–C) groups is 1. The summed E-state index contributed by atoms with van der Waals surface area (Å²) in [5.74, 6) is 1.46. The smallest absolute Gasteiger partial charge is 0.488 e. The van der Waals surface area contributed by atoms with Crippen LogP contribution in [0.1, 0.15) is 58.9 Å². The van der Waals surface area contributed by atoms with Crippen LogP contribution >= 0.6 is 11.6 Å². The Labute approximate surface area is 260 Å². The lowest BCUT2D eigenvalue weighted by atomic mass is 9.80. The standard InChI is InChI=1S/C31H32BClN6O5/c1-3-34-28(40)18-26-30-38-37-19(2)39(30)27-14-13-24(17-25(27)29(36-26)20-7-11-23(33)12-8-20)44-16-4-15-35-31(41)21-5-9-22(10-6-21)32(42)43/h5-14,17,26,42-43H,3-4,15-16,18H2,1-2H3,(H,34,40)(H,35,41)/t26-/m0/s1. The topological polar surface area (TPSA) is 151 Å². The minimum absolute atomic E-state index is 0.111. The number of hydrogen-bond donors (Lipinski definition) is 4. The number of aryl methyl sites for hydroxylation is 1. The van der Waals surface area contributed by atoms with E-state index in [0.29, 0.717) is 65.3 Å². The van der Waals surface area contributed by atoms with Crippen molar-refractivity contribution in [2.45, 2.75) is 32.7 Å². The van der Waals surface area contributed by atoms with Crippen molar-refractivity contribution < 1.29 is 24.4 Å². The predicted molar refractivity (Wildman–Crippen MR) is 168 cm³/mol. The van der Waals surface area contributed by atoms with Crippen LogP contribution in [0.3, 0.4) is 0 Å². The first kappa shape index (κ1) is 30.9. The van der Waals surface area contributed by atoms with Crippen LogP contribution in [0.15, 0.2) is 71.7 Å². The van der Waals surface area contributed by atoms with E-state index >= 15 is 0 Å². The molecule has 13 heteroatoms. The van der Waals surface area contributed by atoms with Gasteiger partial charge in [0.05, 0.1) is 24.4 Å². The third-order valence-corrected chi connectivity index (χ3v) is 7.37. The maximum atomic E-state index is 12.7. The summed E-state index contributed by atoms with van der Waals surface area (Å²) in [5.41, 5.74) is 3.84. The average Bonchev–Trinajstić information content (AvgIpc) is 3.34. The van der Waals surface area contributed by atoms with E-state index in [9.17, 15) is 19.6 Å². The second-order valence-corrected chi connectivity index (χ2v) is 10.7. The number of nitrogens with one attached hydrogen (secondary N) is 2. The predicted octanol–water partition coefficient (Wildman–Crippen LogP) is 2.53. The van der Waals surface area contributed by atoms with Gasteiger partial charge in [-0.25, -0.2) is 0 Å². The van der Waals surface area contributed by atoms with Crippen LogP contribution in [0.25, 0.3) is 5.69 Å². The maximum Gasteiger partial charge on any atom is 0.488 e. The van der Waals surface area contributed by atoms with E-state index in [1.165, 1.54) is 12.1 Å². The molecule has 0 saturated heterocycles. The molecule has 1 aliphatic rings. The van der Waals surface area contributed by atoms with Crippen molar-refractivity contribution in [2.75, 3.05) is 19.7 Å². The van der Waals surface area contributed by atoms with E-state index < -0.39 is 13.2 Å². The quantitative estimate of drug-likeness (QED) is 0.150.